The van der Waals surface area contributed by atoms with Gasteiger partial charge >= 0.3 is 0 Å². The van der Waals surface area contributed by atoms with Crippen molar-refractivity contribution in [3.63, 3.8) is 0 Å². The number of anilines is 1. The second-order valence-electron chi connectivity index (χ2n) is 4.34. The summed E-state index contributed by atoms with van der Waals surface area (Å²) in [5.74, 6) is 0.923. The van der Waals surface area contributed by atoms with E-state index in [4.69, 9.17) is 4.74 Å². The predicted octanol–water partition coefficient (Wildman–Crippen LogP) is 1.33. The smallest absolute Gasteiger partial charge is 0.266 e. The first-order valence-corrected chi connectivity index (χ1v) is 6.80. The van der Waals surface area contributed by atoms with Crippen LogP contribution < -0.4 is 10.5 Å². The molecule has 0 aliphatic carbocycles. The first-order chi connectivity index (χ1) is 8.09. The van der Waals surface area contributed by atoms with Gasteiger partial charge < -0.3 is 9.64 Å². The van der Waals surface area contributed by atoms with Gasteiger partial charge in [0.2, 0.25) is 5.95 Å². The highest BCUT2D eigenvalue weighted by Gasteiger charge is 2.17. The van der Waals surface area contributed by atoms with Gasteiger partial charge in [-0.05, 0) is 28.5 Å². The number of H-pyrrole nitrogens is 1. The molecule has 0 radical (unpaired) electrons. The third-order valence-corrected chi connectivity index (χ3v) is 3.78. The van der Waals surface area contributed by atoms with Crippen LogP contribution in [0.2, 0.25) is 0 Å². The Morgan fingerprint density at radius 3 is 2.65 bits per heavy atom. The minimum absolute atomic E-state index is 0.0502. The van der Waals surface area contributed by atoms with Gasteiger partial charge in [-0.3, -0.25) is 9.78 Å². The lowest BCUT2D eigenvalue weighted by atomic mass is 10.1. The highest BCUT2D eigenvalue weighted by atomic mass is 127. The number of rotatable bonds is 2. The Labute approximate surface area is 114 Å². The lowest BCUT2D eigenvalue weighted by Crippen LogP contribution is -2.38. The maximum absolute atomic E-state index is 11.8. The van der Waals surface area contributed by atoms with Gasteiger partial charge in [0.1, 0.15) is 3.57 Å². The summed E-state index contributed by atoms with van der Waals surface area (Å²) >= 11 is 2.06. The topological polar surface area (TPSA) is 58.2 Å². The van der Waals surface area contributed by atoms with Gasteiger partial charge in [-0.2, -0.15) is 0 Å². The summed E-state index contributed by atoms with van der Waals surface area (Å²) in [4.78, 5) is 21.3. The Kier molecular flexibility index (Phi) is 4.03. The average Bonchev–Trinajstić information content (AvgIpc) is 2.33. The van der Waals surface area contributed by atoms with E-state index in [0.29, 0.717) is 22.7 Å². The Hall–Kier alpha value is -0.630. The maximum atomic E-state index is 11.8. The molecule has 1 N–H and O–H groups in total. The molecule has 0 aromatic carbocycles. The van der Waals surface area contributed by atoms with Crippen LogP contribution in [0.5, 0.6) is 0 Å². The van der Waals surface area contributed by atoms with Crippen molar-refractivity contribution in [2.75, 3.05) is 31.2 Å². The van der Waals surface area contributed by atoms with Gasteiger partial charge in [0.05, 0.1) is 18.9 Å². The van der Waals surface area contributed by atoms with Gasteiger partial charge in [0.15, 0.2) is 0 Å². The van der Waals surface area contributed by atoms with Crippen LogP contribution in [0.15, 0.2) is 4.79 Å². The van der Waals surface area contributed by atoms with Gasteiger partial charge in [0.25, 0.3) is 5.56 Å². The summed E-state index contributed by atoms with van der Waals surface area (Å²) in [6.45, 7) is 7.03. The van der Waals surface area contributed by atoms with E-state index in [-0.39, 0.29) is 11.5 Å². The van der Waals surface area contributed by atoms with Crippen molar-refractivity contribution < 1.29 is 4.74 Å². The van der Waals surface area contributed by atoms with Crippen LogP contribution in [-0.4, -0.2) is 36.3 Å². The van der Waals surface area contributed by atoms with E-state index in [1.807, 2.05) is 13.8 Å². The maximum Gasteiger partial charge on any atom is 0.266 e. The van der Waals surface area contributed by atoms with Gasteiger partial charge in [-0.25, -0.2) is 4.98 Å². The molecule has 2 rings (SSSR count). The Morgan fingerprint density at radius 1 is 1.41 bits per heavy atom. The van der Waals surface area contributed by atoms with E-state index in [1.54, 1.807) is 0 Å². The number of halogens is 1. The van der Waals surface area contributed by atoms with Crippen molar-refractivity contribution in [1.29, 1.82) is 0 Å². The number of nitrogens with zero attached hydrogens (tertiary/aromatic N) is 2. The second-order valence-corrected chi connectivity index (χ2v) is 5.42. The average molecular weight is 349 g/mol. The number of hydrogen-bond donors (Lipinski definition) is 1. The van der Waals surface area contributed by atoms with Crippen LogP contribution in [0.1, 0.15) is 25.5 Å². The first-order valence-electron chi connectivity index (χ1n) is 5.72. The zero-order chi connectivity index (χ0) is 12.4. The van der Waals surface area contributed by atoms with Crippen molar-refractivity contribution in [3.05, 3.63) is 19.6 Å². The molecule has 1 saturated heterocycles. The highest BCUT2D eigenvalue weighted by molar-refractivity contribution is 14.1. The highest BCUT2D eigenvalue weighted by Crippen LogP contribution is 2.18. The predicted molar refractivity (Wildman–Crippen MR) is 74.7 cm³/mol. The van der Waals surface area contributed by atoms with Gasteiger partial charge in [-0.15, -0.1) is 0 Å². The van der Waals surface area contributed by atoms with Crippen molar-refractivity contribution in [2.24, 2.45) is 0 Å². The molecule has 17 heavy (non-hydrogen) atoms. The molecule has 1 aromatic heterocycles. The first kappa shape index (κ1) is 12.8. The summed E-state index contributed by atoms with van der Waals surface area (Å²) in [5, 5.41) is 0. The van der Waals surface area contributed by atoms with Gasteiger partial charge in [0, 0.05) is 13.1 Å². The van der Waals surface area contributed by atoms with E-state index < -0.39 is 0 Å². The summed E-state index contributed by atoms with van der Waals surface area (Å²) in [6.07, 6.45) is 0. The number of aromatic amines is 1. The molecule has 2 heterocycles. The molecule has 0 spiro atoms. The molecule has 0 amide bonds. The van der Waals surface area contributed by atoms with Crippen LogP contribution in [-0.2, 0) is 4.74 Å². The summed E-state index contributed by atoms with van der Waals surface area (Å²) in [7, 11) is 0. The third-order valence-electron chi connectivity index (χ3n) is 2.73. The standard InChI is InChI=1S/C11H16IN3O2/c1-7(2)9-8(12)10(16)14-11(13-9)15-3-5-17-6-4-15/h7H,3-6H2,1-2H3,(H,13,14,16). The van der Waals surface area contributed by atoms with Crippen molar-refractivity contribution in [1.82, 2.24) is 9.97 Å². The molecule has 94 valence electrons. The largest absolute Gasteiger partial charge is 0.378 e. The van der Waals surface area contributed by atoms with Crippen LogP contribution in [0.4, 0.5) is 5.95 Å². The molecule has 0 unspecified atom stereocenters. The summed E-state index contributed by atoms with van der Waals surface area (Å²) < 4.78 is 5.98. The lowest BCUT2D eigenvalue weighted by Gasteiger charge is -2.27. The fourth-order valence-electron chi connectivity index (χ4n) is 1.77. The number of morpholine rings is 1. The van der Waals surface area contributed by atoms with E-state index in [1.165, 1.54) is 0 Å². The molecule has 1 aromatic rings. The summed E-state index contributed by atoms with van der Waals surface area (Å²) in [5.41, 5.74) is 0.821. The molecular formula is C11H16IN3O2. The minimum atomic E-state index is -0.0502. The molecule has 1 aliphatic heterocycles. The zero-order valence-electron chi connectivity index (χ0n) is 9.99. The number of hydrogen-bond acceptors (Lipinski definition) is 4. The number of aromatic nitrogens is 2. The molecule has 0 saturated carbocycles. The molecule has 0 atom stereocenters. The van der Waals surface area contributed by atoms with Gasteiger partial charge in [-0.1, -0.05) is 13.8 Å². The zero-order valence-corrected chi connectivity index (χ0v) is 12.2. The number of nitrogens with one attached hydrogen (secondary N) is 1. The third kappa shape index (κ3) is 2.79. The molecule has 0 bridgehead atoms. The van der Waals surface area contributed by atoms with Crippen LogP contribution >= 0.6 is 22.6 Å². The second kappa shape index (κ2) is 5.34. The van der Waals surface area contributed by atoms with E-state index in [9.17, 15) is 4.79 Å². The fraction of sp³-hybridized carbons (Fsp3) is 0.636. The SMILES string of the molecule is CC(C)c1nc(N2CCOCC2)[nH]c(=O)c1I. The quantitative estimate of drug-likeness (QED) is 0.819. The van der Waals surface area contributed by atoms with E-state index >= 15 is 0 Å². The monoisotopic (exact) mass is 349 g/mol. The normalized spacial score (nSPS) is 16.6. The van der Waals surface area contributed by atoms with Crippen molar-refractivity contribution in [2.45, 2.75) is 19.8 Å². The molecule has 1 fully saturated rings. The molecule has 1 aliphatic rings. The van der Waals surface area contributed by atoms with Crippen LogP contribution in [0.25, 0.3) is 0 Å². The minimum Gasteiger partial charge on any atom is -0.378 e. The van der Waals surface area contributed by atoms with Crippen molar-refractivity contribution in [3.8, 4) is 0 Å². The van der Waals surface area contributed by atoms with Crippen LogP contribution in [0.3, 0.4) is 0 Å². The van der Waals surface area contributed by atoms with Crippen LogP contribution in [0, 0.1) is 3.57 Å². The Morgan fingerprint density at radius 2 is 2.06 bits per heavy atom. The van der Waals surface area contributed by atoms with E-state index in [0.717, 1.165) is 18.8 Å². The molecular weight excluding hydrogens is 333 g/mol. The Bertz CT molecular complexity index is 453. The summed E-state index contributed by atoms with van der Waals surface area (Å²) in [6, 6.07) is 0. The Balaban J connectivity index is 2.37. The fourth-order valence-corrected chi connectivity index (χ4v) is 2.65. The van der Waals surface area contributed by atoms with E-state index in [2.05, 4.69) is 37.5 Å². The lowest BCUT2D eigenvalue weighted by molar-refractivity contribution is 0.122. The molecule has 6 heteroatoms. The molecule has 5 nitrogen and oxygen atoms in total. The van der Waals surface area contributed by atoms with Crippen molar-refractivity contribution >= 4 is 28.5 Å². The number of ether oxygens (including phenoxy) is 1.